The lowest BCUT2D eigenvalue weighted by atomic mass is 10.1. The normalized spacial score (nSPS) is 21.3. The van der Waals surface area contributed by atoms with Crippen molar-refractivity contribution in [2.24, 2.45) is 0 Å². The van der Waals surface area contributed by atoms with Gasteiger partial charge in [0.1, 0.15) is 0 Å². The van der Waals surface area contributed by atoms with Crippen LogP contribution in [0.25, 0.3) is 0 Å². The standard InChI is InChI=1S/C15H24N2O2S/c1-12(2)16-10-13-4-6-14(7-5-13)17(3)15-8-9-20(18,19)11-15/h4-7,12,15-16H,8-11H2,1-3H3. The van der Waals surface area contributed by atoms with Crippen LogP contribution >= 0.6 is 0 Å². The molecule has 0 saturated carbocycles. The lowest BCUT2D eigenvalue weighted by Gasteiger charge is -2.25. The molecule has 112 valence electrons. The van der Waals surface area contributed by atoms with Crippen molar-refractivity contribution in [2.45, 2.75) is 38.9 Å². The predicted molar refractivity (Wildman–Crippen MR) is 83.9 cm³/mol. The van der Waals surface area contributed by atoms with Gasteiger partial charge in [-0.25, -0.2) is 8.42 Å². The molecule has 5 heteroatoms. The quantitative estimate of drug-likeness (QED) is 0.900. The minimum atomic E-state index is -2.83. The van der Waals surface area contributed by atoms with Crippen LogP contribution in [0.1, 0.15) is 25.8 Å². The number of sulfone groups is 1. The first kappa shape index (κ1) is 15.3. The van der Waals surface area contributed by atoms with Gasteiger partial charge in [-0.2, -0.15) is 0 Å². The van der Waals surface area contributed by atoms with Crippen LogP contribution in [-0.4, -0.2) is 39.1 Å². The second-order valence-corrected chi connectivity index (χ2v) is 8.10. The molecule has 0 bridgehead atoms. The van der Waals surface area contributed by atoms with E-state index in [1.165, 1.54) is 5.56 Å². The lowest BCUT2D eigenvalue weighted by Crippen LogP contribution is -2.32. The molecule has 0 aromatic heterocycles. The van der Waals surface area contributed by atoms with Crippen molar-refractivity contribution < 1.29 is 8.42 Å². The highest BCUT2D eigenvalue weighted by Crippen LogP contribution is 2.23. The Morgan fingerprint density at radius 3 is 2.45 bits per heavy atom. The first-order valence-corrected chi connectivity index (χ1v) is 8.95. The molecule has 1 atom stereocenters. The summed E-state index contributed by atoms with van der Waals surface area (Å²) in [6, 6.07) is 8.93. The van der Waals surface area contributed by atoms with E-state index in [0.717, 1.165) is 18.7 Å². The summed E-state index contributed by atoms with van der Waals surface area (Å²) in [5.74, 6) is 0.596. The van der Waals surface area contributed by atoms with E-state index in [-0.39, 0.29) is 11.8 Å². The molecule has 0 spiro atoms. The van der Waals surface area contributed by atoms with Crippen molar-refractivity contribution in [1.29, 1.82) is 0 Å². The number of anilines is 1. The maximum absolute atomic E-state index is 11.5. The van der Waals surface area contributed by atoms with Crippen LogP contribution < -0.4 is 10.2 Å². The van der Waals surface area contributed by atoms with Crippen LogP contribution in [0.4, 0.5) is 5.69 Å². The summed E-state index contributed by atoms with van der Waals surface area (Å²) in [5.41, 5.74) is 2.33. The zero-order chi connectivity index (χ0) is 14.8. The van der Waals surface area contributed by atoms with E-state index in [9.17, 15) is 8.42 Å². The second-order valence-electron chi connectivity index (χ2n) is 5.87. The Morgan fingerprint density at radius 2 is 1.95 bits per heavy atom. The van der Waals surface area contributed by atoms with Gasteiger partial charge >= 0.3 is 0 Å². The van der Waals surface area contributed by atoms with Gasteiger partial charge in [0, 0.05) is 31.4 Å². The highest BCUT2D eigenvalue weighted by atomic mass is 32.2. The van der Waals surface area contributed by atoms with Gasteiger partial charge in [0.25, 0.3) is 0 Å². The molecule has 1 unspecified atom stereocenters. The van der Waals surface area contributed by atoms with Gasteiger partial charge in [0.2, 0.25) is 0 Å². The fourth-order valence-electron chi connectivity index (χ4n) is 2.46. The van der Waals surface area contributed by atoms with Gasteiger partial charge < -0.3 is 10.2 Å². The molecule has 1 heterocycles. The number of nitrogens with zero attached hydrogens (tertiary/aromatic N) is 1. The summed E-state index contributed by atoms with van der Waals surface area (Å²) in [5, 5.41) is 3.38. The molecule has 0 amide bonds. The average molecular weight is 296 g/mol. The van der Waals surface area contributed by atoms with Gasteiger partial charge in [0.05, 0.1) is 11.5 Å². The van der Waals surface area contributed by atoms with Crippen LogP contribution in [-0.2, 0) is 16.4 Å². The number of nitrogens with one attached hydrogen (secondary N) is 1. The number of rotatable bonds is 5. The van der Waals surface area contributed by atoms with E-state index in [0.29, 0.717) is 11.8 Å². The molecular weight excluding hydrogens is 272 g/mol. The first-order chi connectivity index (χ1) is 9.37. The fraction of sp³-hybridized carbons (Fsp3) is 0.600. The third-order valence-electron chi connectivity index (χ3n) is 3.81. The molecule has 1 fully saturated rings. The smallest absolute Gasteiger partial charge is 0.152 e. The van der Waals surface area contributed by atoms with Crippen molar-refractivity contribution in [1.82, 2.24) is 5.32 Å². The Balaban J connectivity index is 1.99. The Kier molecular flexibility index (Phi) is 4.70. The zero-order valence-electron chi connectivity index (χ0n) is 12.5. The maximum Gasteiger partial charge on any atom is 0.152 e. The summed E-state index contributed by atoms with van der Waals surface area (Å²) < 4.78 is 23.1. The molecule has 2 rings (SSSR count). The van der Waals surface area contributed by atoms with Crippen molar-refractivity contribution >= 4 is 15.5 Å². The molecule has 1 aliphatic heterocycles. The largest absolute Gasteiger partial charge is 0.371 e. The van der Waals surface area contributed by atoms with Crippen LogP contribution in [0.15, 0.2) is 24.3 Å². The van der Waals surface area contributed by atoms with Gasteiger partial charge in [-0.3, -0.25) is 0 Å². The topological polar surface area (TPSA) is 49.4 Å². The van der Waals surface area contributed by atoms with Gasteiger partial charge in [-0.05, 0) is 24.1 Å². The van der Waals surface area contributed by atoms with Crippen molar-refractivity contribution in [3.05, 3.63) is 29.8 Å². The van der Waals surface area contributed by atoms with Gasteiger partial charge in [-0.1, -0.05) is 26.0 Å². The molecule has 1 saturated heterocycles. The summed E-state index contributed by atoms with van der Waals surface area (Å²) in [7, 11) is -0.847. The van der Waals surface area contributed by atoms with Gasteiger partial charge in [0.15, 0.2) is 9.84 Å². The molecule has 0 aliphatic carbocycles. The van der Waals surface area contributed by atoms with Crippen molar-refractivity contribution in [2.75, 3.05) is 23.5 Å². The van der Waals surface area contributed by atoms with E-state index in [1.54, 1.807) is 0 Å². The summed E-state index contributed by atoms with van der Waals surface area (Å²) in [4.78, 5) is 2.09. The monoisotopic (exact) mass is 296 g/mol. The molecule has 1 N–H and O–H groups in total. The Hall–Kier alpha value is -1.07. The SMILES string of the molecule is CC(C)NCc1ccc(N(C)C2CCS(=O)(=O)C2)cc1. The molecule has 1 aromatic carbocycles. The maximum atomic E-state index is 11.5. The first-order valence-electron chi connectivity index (χ1n) is 7.13. The second kappa shape index (κ2) is 6.14. The molecule has 1 aromatic rings. The van der Waals surface area contributed by atoms with Crippen LogP contribution in [0.2, 0.25) is 0 Å². The van der Waals surface area contributed by atoms with Crippen molar-refractivity contribution in [3.63, 3.8) is 0 Å². The number of hydrogen-bond donors (Lipinski definition) is 1. The van der Waals surface area contributed by atoms with Crippen LogP contribution in [0.5, 0.6) is 0 Å². The van der Waals surface area contributed by atoms with E-state index in [1.807, 2.05) is 7.05 Å². The van der Waals surface area contributed by atoms with Crippen molar-refractivity contribution in [3.8, 4) is 0 Å². The Labute approximate surface area is 122 Å². The molecule has 20 heavy (non-hydrogen) atoms. The third-order valence-corrected chi connectivity index (χ3v) is 5.56. The highest BCUT2D eigenvalue weighted by Gasteiger charge is 2.30. The molecule has 1 aliphatic rings. The minimum Gasteiger partial charge on any atom is -0.371 e. The molecule has 0 radical (unpaired) electrons. The summed E-state index contributed by atoms with van der Waals surface area (Å²) in [6.45, 7) is 5.12. The Morgan fingerprint density at radius 1 is 1.30 bits per heavy atom. The number of benzene rings is 1. The van der Waals surface area contributed by atoms with E-state index in [4.69, 9.17) is 0 Å². The van der Waals surface area contributed by atoms with Crippen LogP contribution in [0, 0.1) is 0 Å². The molecule has 4 nitrogen and oxygen atoms in total. The summed E-state index contributed by atoms with van der Waals surface area (Å²) >= 11 is 0. The van der Waals surface area contributed by atoms with E-state index in [2.05, 4.69) is 48.3 Å². The highest BCUT2D eigenvalue weighted by molar-refractivity contribution is 7.91. The lowest BCUT2D eigenvalue weighted by molar-refractivity contribution is 0.589. The molecular formula is C15H24N2O2S. The van der Waals surface area contributed by atoms with Crippen LogP contribution in [0.3, 0.4) is 0 Å². The fourth-order valence-corrected chi connectivity index (χ4v) is 4.24. The van der Waals surface area contributed by atoms with E-state index < -0.39 is 9.84 Å². The predicted octanol–water partition coefficient (Wildman–Crippen LogP) is 1.81. The Bertz CT molecular complexity index is 537. The zero-order valence-corrected chi connectivity index (χ0v) is 13.3. The third kappa shape index (κ3) is 3.96. The van der Waals surface area contributed by atoms with E-state index >= 15 is 0 Å². The summed E-state index contributed by atoms with van der Waals surface area (Å²) in [6.07, 6.45) is 0.732. The average Bonchev–Trinajstić information content (AvgIpc) is 2.76. The minimum absolute atomic E-state index is 0.111. The number of hydrogen-bond acceptors (Lipinski definition) is 4. The van der Waals surface area contributed by atoms with Gasteiger partial charge in [-0.15, -0.1) is 0 Å².